The maximum Gasteiger partial charge on any atom is 0.255 e. The second-order valence-electron chi connectivity index (χ2n) is 27.6. The Kier molecular flexibility index (Phi) is 17.7. The van der Waals surface area contributed by atoms with Crippen LogP contribution in [0.5, 0.6) is 0 Å². The first-order valence-corrected chi connectivity index (χ1v) is 35.0. The van der Waals surface area contributed by atoms with Crippen molar-refractivity contribution in [3.8, 4) is 34.2 Å². The molecule has 23 nitrogen and oxygen atoms in total. The zero-order valence-corrected chi connectivity index (χ0v) is 56.7. The first kappa shape index (κ1) is 64.2. The first-order chi connectivity index (χ1) is 48.2. The lowest BCUT2D eigenvalue weighted by Gasteiger charge is -2.33. The Labute approximate surface area is 573 Å². The van der Waals surface area contributed by atoms with Gasteiger partial charge < -0.3 is 56.7 Å². The van der Waals surface area contributed by atoms with Gasteiger partial charge in [0.15, 0.2) is 0 Å². The van der Waals surface area contributed by atoms with Crippen LogP contribution in [0.15, 0.2) is 134 Å². The molecule has 10 aromatic heterocycles. The molecule has 0 bridgehead atoms. The van der Waals surface area contributed by atoms with Gasteiger partial charge in [0.25, 0.3) is 5.91 Å². The van der Waals surface area contributed by atoms with E-state index in [0.717, 1.165) is 208 Å². The smallest absolute Gasteiger partial charge is 0.255 e. The lowest BCUT2D eigenvalue weighted by Crippen LogP contribution is -2.41. The van der Waals surface area contributed by atoms with E-state index in [1.165, 1.54) is 12.8 Å². The van der Waals surface area contributed by atoms with Gasteiger partial charge in [0.1, 0.15) is 68.6 Å². The Morgan fingerprint density at radius 3 is 1.25 bits per heavy atom. The fourth-order valence-electron chi connectivity index (χ4n) is 15.6. The van der Waals surface area contributed by atoms with E-state index in [-0.39, 0.29) is 35.5 Å². The van der Waals surface area contributed by atoms with E-state index in [9.17, 15) is 14.4 Å². The van der Waals surface area contributed by atoms with Crippen molar-refractivity contribution in [1.29, 1.82) is 0 Å². The van der Waals surface area contributed by atoms with Crippen molar-refractivity contribution < 1.29 is 14.4 Å². The number of imidazole rings is 3. The van der Waals surface area contributed by atoms with Gasteiger partial charge in [-0.3, -0.25) is 27.6 Å². The number of hydrogen-bond acceptors (Lipinski definition) is 13. The molecule has 3 aliphatic heterocycles. The number of fused-ring (bicyclic) bond motifs is 6. The Balaban J connectivity index is 0.000000121. The van der Waals surface area contributed by atoms with Gasteiger partial charge in [-0.25, -0.2) is 29.9 Å². The number of H-pyrrole nitrogens is 4. The molecule has 0 spiro atoms. The highest BCUT2D eigenvalue weighted by atomic mass is 16.2. The van der Waals surface area contributed by atoms with Crippen LogP contribution in [-0.4, -0.2) is 160 Å². The number of likely N-dealkylation sites (tertiary alicyclic amines) is 3. The Hall–Kier alpha value is -10.8. The number of carbonyl (C=O) groups is 3. The van der Waals surface area contributed by atoms with Crippen LogP contribution in [0.4, 0.5) is 17.5 Å². The number of nitrogens with zero attached hydrogens (tertiary/aromatic N) is 13. The Morgan fingerprint density at radius 1 is 0.495 bits per heavy atom. The minimum atomic E-state index is 0.0977. The van der Waals surface area contributed by atoms with Gasteiger partial charge in [-0.05, 0) is 135 Å². The normalized spacial score (nSPS) is 16.1. The van der Waals surface area contributed by atoms with E-state index in [0.29, 0.717) is 42.9 Å². The molecule has 3 saturated heterocycles. The number of anilines is 3. The summed E-state index contributed by atoms with van der Waals surface area (Å²) in [5.74, 6) is 6.13. The quantitative estimate of drug-likeness (QED) is 0.0599. The highest BCUT2D eigenvalue weighted by Gasteiger charge is 2.35. The third kappa shape index (κ3) is 12.7. The van der Waals surface area contributed by atoms with E-state index >= 15 is 0 Å². The van der Waals surface area contributed by atoms with Crippen LogP contribution in [0, 0.1) is 19.8 Å². The number of nitrogens with two attached hydrogens (primary N) is 3. The van der Waals surface area contributed by atoms with Crippen molar-refractivity contribution in [2.75, 3.05) is 77.1 Å². The van der Waals surface area contributed by atoms with Crippen molar-refractivity contribution in [3.63, 3.8) is 0 Å². The van der Waals surface area contributed by atoms with Gasteiger partial charge in [-0.15, -0.1) is 0 Å². The number of para-hydroxylation sites is 3. The third-order valence-corrected chi connectivity index (χ3v) is 20.8. The van der Waals surface area contributed by atoms with E-state index in [1.54, 1.807) is 18.6 Å². The lowest BCUT2D eigenvalue weighted by atomic mass is 9.94. The van der Waals surface area contributed by atoms with Gasteiger partial charge in [-0.1, -0.05) is 67.4 Å². The predicted octanol–water partition coefficient (Wildman–Crippen LogP) is 12.3. The average molecular weight is 1330 g/mol. The summed E-state index contributed by atoms with van der Waals surface area (Å²) in [5, 5.41) is 3.41. The SMILES string of the molecule is CN(C)CCCC(=O)N1CCC(c2nc(-c3cc4ccccc4[nH]3)c3c(N)nccn23)CC1.Cc1cc(C(=O)N2CCC(c3nc(-c4cc5ccccc5[nH]4)c4c(N)nccn34)CC2)c(C)[nH]1.Nc1nccn2c(C3CCN(C(=O)C4CCCC4)CC3)nc(-c3cc4ccccc4[nH]3)c12. The maximum atomic E-state index is 13.1. The zero-order valence-electron chi connectivity index (χ0n) is 56.7. The molecule has 0 unspecified atom stereocenters. The molecule has 17 rings (SSSR count). The molecule has 13 aromatic rings. The molecule has 1 aliphatic carbocycles. The summed E-state index contributed by atoms with van der Waals surface area (Å²) in [6, 6.07) is 32.9. The molecular weight excluding hydrogens is 1240 g/mol. The van der Waals surface area contributed by atoms with Crippen molar-refractivity contribution in [2.24, 2.45) is 5.92 Å². The van der Waals surface area contributed by atoms with Gasteiger partial charge in [0.05, 0.1) is 22.6 Å². The first-order valence-electron chi connectivity index (χ1n) is 35.0. The van der Waals surface area contributed by atoms with Crippen LogP contribution in [0.2, 0.25) is 0 Å². The van der Waals surface area contributed by atoms with E-state index in [4.69, 9.17) is 32.2 Å². The number of nitrogen functional groups attached to an aromatic ring is 3. The fraction of sp³-hybridized carbons (Fsp3) is 0.355. The summed E-state index contributed by atoms with van der Waals surface area (Å²) >= 11 is 0. The lowest BCUT2D eigenvalue weighted by molar-refractivity contribution is -0.136. The topological polar surface area (TPSA) is 296 Å². The van der Waals surface area contributed by atoms with Crippen LogP contribution in [0.25, 0.3) is 83.4 Å². The minimum absolute atomic E-state index is 0.0977. The highest BCUT2D eigenvalue weighted by Crippen LogP contribution is 2.40. The highest BCUT2D eigenvalue weighted by molar-refractivity contribution is 5.96. The van der Waals surface area contributed by atoms with E-state index in [2.05, 4.69) is 112 Å². The van der Waals surface area contributed by atoms with Crippen molar-refractivity contribution in [3.05, 3.63) is 169 Å². The largest absolute Gasteiger partial charge is 0.382 e. The Morgan fingerprint density at radius 2 is 0.879 bits per heavy atom. The fourth-order valence-corrected chi connectivity index (χ4v) is 15.6. The number of piperidine rings is 3. The molecule has 0 radical (unpaired) electrons. The van der Waals surface area contributed by atoms with E-state index < -0.39 is 0 Å². The number of amides is 3. The second-order valence-corrected chi connectivity index (χ2v) is 27.6. The number of hydrogen-bond donors (Lipinski definition) is 7. The molecule has 99 heavy (non-hydrogen) atoms. The van der Waals surface area contributed by atoms with Gasteiger partial charge >= 0.3 is 0 Å². The van der Waals surface area contributed by atoms with Gasteiger partial charge in [0.2, 0.25) is 11.8 Å². The third-order valence-electron chi connectivity index (χ3n) is 20.8. The summed E-state index contributed by atoms with van der Waals surface area (Å²) in [5.41, 5.74) is 32.7. The van der Waals surface area contributed by atoms with Crippen LogP contribution in [0.3, 0.4) is 0 Å². The molecule has 0 atom stereocenters. The summed E-state index contributed by atoms with van der Waals surface area (Å²) in [6.45, 7) is 9.40. The molecule has 3 aromatic carbocycles. The van der Waals surface area contributed by atoms with Crippen LogP contribution in [-0.2, 0) is 9.59 Å². The van der Waals surface area contributed by atoms with Crippen LogP contribution in [0.1, 0.15) is 134 Å². The molecule has 23 heteroatoms. The summed E-state index contributed by atoms with van der Waals surface area (Å²) in [6.07, 6.45) is 22.4. The van der Waals surface area contributed by atoms with Gasteiger partial charge in [0, 0.05) is 151 Å². The number of carbonyl (C=O) groups excluding carboxylic acids is 3. The number of rotatable bonds is 12. The Bertz CT molecular complexity index is 5010. The average Bonchev–Trinajstić information content (AvgIpc) is 1.62. The molecule has 508 valence electrons. The van der Waals surface area contributed by atoms with E-state index in [1.807, 2.05) is 98.8 Å². The number of aryl methyl sites for hydroxylation is 2. The monoisotopic (exact) mass is 1330 g/mol. The predicted molar refractivity (Wildman–Crippen MR) is 389 cm³/mol. The van der Waals surface area contributed by atoms with Crippen molar-refractivity contribution >= 4 is 84.4 Å². The molecule has 4 fully saturated rings. The number of benzene rings is 3. The molecular formula is C76H86N20O3. The second kappa shape index (κ2) is 27.2. The molecule has 4 aliphatic rings. The molecule has 10 N–H and O–H groups in total. The number of aromatic amines is 4. The molecule has 3 amide bonds. The summed E-state index contributed by atoms with van der Waals surface area (Å²) in [4.78, 5) is 88.6. The van der Waals surface area contributed by atoms with Crippen molar-refractivity contribution in [2.45, 2.75) is 109 Å². The minimum Gasteiger partial charge on any atom is -0.382 e. The van der Waals surface area contributed by atoms with Crippen LogP contribution < -0.4 is 17.2 Å². The maximum absolute atomic E-state index is 13.1. The summed E-state index contributed by atoms with van der Waals surface area (Å²) in [7, 11) is 4.08. The van der Waals surface area contributed by atoms with Crippen LogP contribution >= 0.6 is 0 Å². The van der Waals surface area contributed by atoms with Gasteiger partial charge in [-0.2, -0.15) is 0 Å². The number of nitrogens with one attached hydrogen (secondary N) is 4. The summed E-state index contributed by atoms with van der Waals surface area (Å²) < 4.78 is 6.26. The molecule has 13 heterocycles. The molecule has 1 saturated carbocycles. The standard InChI is InChI=1S/C26H27N7O.C25H31N7O.C25H28N6O/c1-15-13-19(16(2)29-15)26(34)32-10-7-17(8-11-32)25-31-22(23-24(27)28-9-12-33(23)25)21-14-18-5-3-4-6-20(18)30-21;1-30(2)12-5-8-21(33)31-13-9-17(10-14-31)25-29-22(23-24(26)27-11-15-32(23)25)20-16-18-6-3-4-7-19(18)28-20;26-23-22-21(20-15-18-7-3-4-8-19(18)28-20)29-24(31(22)14-11-27-23)16-9-12-30(13-10-16)25(32)17-5-1-2-6-17/h3-6,9,12-14,17,29-30H,7-8,10-11H2,1-2H3,(H2,27,28);3-4,6-7,11,15-17,28H,5,8-10,12-14H2,1-2H3,(H2,26,27);3-4,7-8,11,14-17,28H,1-2,5-6,9-10,12-13H2,(H2,26,27). The number of aromatic nitrogens is 13. The zero-order chi connectivity index (χ0) is 68.0. The van der Waals surface area contributed by atoms with Crippen molar-refractivity contribution in [1.82, 2.24) is 82.6 Å².